The maximum absolute atomic E-state index is 3.68. The highest BCUT2D eigenvalue weighted by Gasteiger charge is 2.13. The Bertz CT molecular complexity index is 509. The van der Waals surface area contributed by atoms with Gasteiger partial charge in [-0.3, -0.25) is 0 Å². The zero-order chi connectivity index (χ0) is 11.2. The van der Waals surface area contributed by atoms with Gasteiger partial charge in [0.15, 0.2) is 0 Å². The molecule has 0 aliphatic rings. The molecule has 0 aliphatic heterocycles. The number of fused-ring (bicyclic) bond motifs is 1. The lowest BCUT2D eigenvalue weighted by atomic mass is 10.1. The van der Waals surface area contributed by atoms with Gasteiger partial charge in [-0.1, -0.05) is 12.1 Å². The highest BCUT2D eigenvalue weighted by molar-refractivity contribution is 9.10. The number of benzene rings is 1. The van der Waals surface area contributed by atoms with Gasteiger partial charge in [-0.25, -0.2) is 0 Å². The molecule has 1 nitrogen and oxygen atoms in total. The Morgan fingerprint density at radius 3 is 2.47 bits per heavy atom. The van der Waals surface area contributed by atoms with Crippen LogP contribution >= 0.6 is 15.9 Å². The maximum Gasteiger partial charge on any atom is 0.0889 e. The van der Waals surface area contributed by atoms with Crippen molar-refractivity contribution >= 4 is 26.8 Å². The van der Waals surface area contributed by atoms with Gasteiger partial charge in [-0.05, 0) is 60.8 Å². The minimum Gasteiger partial charge on any atom is -0.332 e. The van der Waals surface area contributed by atoms with Crippen molar-refractivity contribution in [3.63, 3.8) is 0 Å². The van der Waals surface area contributed by atoms with Gasteiger partial charge in [-0.2, -0.15) is 0 Å². The Labute approximate surface area is 99.2 Å². The average molecular weight is 266 g/mol. The van der Waals surface area contributed by atoms with Crippen LogP contribution in [0.3, 0.4) is 0 Å². The number of halogens is 1. The molecule has 15 heavy (non-hydrogen) atoms. The SMILES string of the molecule is Cc1ccc2c(C)c(Br)n(C(C)C)c2c1. The van der Waals surface area contributed by atoms with E-state index in [-0.39, 0.29) is 0 Å². The van der Waals surface area contributed by atoms with E-state index in [0.717, 1.165) is 0 Å². The van der Waals surface area contributed by atoms with Crippen LogP contribution in [0.5, 0.6) is 0 Å². The van der Waals surface area contributed by atoms with E-state index >= 15 is 0 Å². The summed E-state index contributed by atoms with van der Waals surface area (Å²) in [5.74, 6) is 0. The molecule has 0 saturated carbocycles. The quantitative estimate of drug-likeness (QED) is 0.710. The van der Waals surface area contributed by atoms with E-state index in [2.05, 4.69) is 66.4 Å². The van der Waals surface area contributed by atoms with Crippen molar-refractivity contribution in [1.29, 1.82) is 0 Å². The summed E-state index contributed by atoms with van der Waals surface area (Å²) < 4.78 is 3.55. The lowest BCUT2D eigenvalue weighted by Gasteiger charge is -2.11. The Hall–Kier alpha value is -0.760. The number of hydrogen-bond acceptors (Lipinski definition) is 0. The Morgan fingerprint density at radius 2 is 1.87 bits per heavy atom. The largest absolute Gasteiger partial charge is 0.332 e. The lowest BCUT2D eigenvalue weighted by Crippen LogP contribution is -2.00. The van der Waals surface area contributed by atoms with Crippen LogP contribution in [0.2, 0.25) is 0 Å². The van der Waals surface area contributed by atoms with Crippen molar-refractivity contribution in [2.24, 2.45) is 0 Å². The molecule has 0 fully saturated rings. The molecule has 0 radical (unpaired) electrons. The van der Waals surface area contributed by atoms with E-state index in [1.807, 2.05) is 0 Å². The zero-order valence-electron chi connectivity index (χ0n) is 9.63. The molecular formula is C13H16BrN. The lowest BCUT2D eigenvalue weighted by molar-refractivity contribution is 0.610. The average Bonchev–Trinajstić information content (AvgIpc) is 2.39. The smallest absolute Gasteiger partial charge is 0.0889 e. The first-order valence-corrected chi connectivity index (χ1v) is 6.08. The first kappa shape index (κ1) is 10.7. The van der Waals surface area contributed by atoms with E-state index < -0.39 is 0 Å². The minimum absolute atomic E-state index is 0.484. The van der Waals surface area contributed by atoms with Gasteiger partial charge in [0.05, 0.1) is 4.60 Å². The normalized spacial score (nSPS) is 11.6. The molecule has 2 rings (SSSR count). The molecule has 80 valence electrons. The molecule has 1 aromatic carbocycles. The number of rotatable bonds is 1. The van der Waals surface area contributed by atoms with Crippen LogP contribution in [0, 0.1) is 13.8 Å². The molecule has 0 spiro atoms. The predicted octanol–water partition coefficient (Wildman–Crippen LogP) is 4.60. The fourth-order valence-electron chi connectivity index (χ4n) is 2.06. The van der Waals surface area contributed by atoms with Crippen molar-refractivity contribution in [3.05, 3.63) is 33.9 Å². The standard InChI is InChI=1S/C13H16BrN/c1-8(2)15-12-7-9(3)5-6-11(12)10(4)13(15)14/h5-8H,1-4H3. The molecule has 0 atom stereocenters. The van der Waals surface area contributed by atoms with Crippen LogP contribution in [0.25, 0.3) is 10.9 Å². The van der Waals surface area contributed by atoms with Crippen molar-refractivity contribution in [3.8, 4) is 0 Å². The predicted molar refractivity (Wildman–Crippen MR) is 69.5 cm³/mol. The molecular weight excluding hydrogens is 250 g/mol. The van der Waals surface area contributed by atoms with Gasteiger partial charge in [0.25, 0.3) is 0 Å². The summed E-state index contributed by atoms with van der Waals surface area (Å²) in [6.45, 7) is 8.74. The van der Waals surface area contributed by atoms with Crippen LogP contribution < -0.4 is 0 Å². The Balaban J connectivity index is 2.88. The highest BCUT2D eigenvalue weighted by Crippen LogP contribution is 2.32. The van der Waals surface area contributed by atoms with Crippen LogP contribution in [0.4, 0.5) is 0 Å². The molecule has 1 heterocycles. The van der Waals surface area contributed by atoms with Crippen LogP contribution in [0.1, 0.15) is 31.0 Å². The molecule has 0 N–H and O–H groups in total. The van der Waals surface area contributed by atoms with Crippen molar-refractivity contribution in [2.45, 2.75) is 33.7 Å². The van der Waals surface area contributed by atoms with E-state index in [1.54, 1.807) is 0 Å². The zero-order valence-corrected chi connectivity index (χ0v) is 11.2. The molecule has 2 aromatic rings. The first-order valence-electron chi connectivity index (χ1n) is 5.29. The molecule has 0 saturated heterocycles. The second-order valence-corrected chi connectivity index (χ2v) is 5.15. The van der Waals surface area contributed by atoms with E-state index in [1.165, 1.54) is 26.6 Å². The van der Waals surface area contributed by atoms with Crippen LogP contribution in [-0.4, -0.2) is 4.57 Å². The Kier molecular flexibility index (Phi) is 2.63. The van der Waals surface area contributed by atoms with Crippen molar-refractivity contribution in [1.82, 2.24) is 4.57 Å². The summed E-state index contributed by atoms with van der Waals surface area (Å²) in [5.41, 5.74) is 3.97. The number of nitrogens with zero attached hydrogens (tertiary/aromatic N) is 1. The topological polar surface area (TPSA) is 4.93 Å². The van der Waals surface area contributed by atoms with Gasteiger partial charge < -0.3 is 4.57 Å². The summed E-state index contributed by atoms with van der Waals surface area (Å²) >= 11 is 3.68. The van der Waals surface area contributed by atoms with Crippen LogP contribution in [-0.2, 0) is 0 Å². The third-order valence-corrected chi connectivity index (χ3v) is 3.83. The maximum atomic E-state index is 3.68. The van der Waals surface area contributed by atoms with Gasteiger partial charge in [0.1, 0.15) is 0 Å². The van der Waals surface area contributed by atoms with Gasteiger partial charge in [-0.15, -0.1) is 0 Å². The fourth-order valence-corrected chi connectivity index (χ4v) is 2.87. The molecule has 0 unspecified atom stereocenters. The molecule has 1 aromatic heterocycles. The van der Waals surface area contributed by atoms with E-state index in [9.17, 15) is 0 Å². The molecule has 0 aliphatic carbocycles. The Morgan fingerprint density at radius 1 is 1.20 bits per heavy atom. The van der Waals surface area contributed by atoms with E-state index in [4.69, 9.17) is 0 Å². The van der Waals surface area contributed by atoms with Crippen molar-refractivity contribution < 1.29 is 0 Å². The van der Waals surface area contributed by atoms with Crippen molar-refractivity contribution in [2.75, 3.05) is 0 Å². The summed E-state index contributed by atoms with van der Waals surface area (Å²) in [5, 5.41) is 1.35. The van der Waals surface area contributed by atoms with Gasteiger partial charge >= 0.3 is 0 Å². The third-order valence-electron chi connectivity index (χ3n) is 2.85. The van der Waals surface area contributed by atoms with Gasteiger partial charge in [0.2, 0.25) is 0 Å². The fraction of sp³-hybridized carbons (Fsp3) is 0.385. The first-order chi connectivity index (χ1) is 7.02. The highest BCUT2D eigenvalue weighted by atomic mass is 79.9. The summed E-state index contributed by atoms with van der Waals surface area (Å²) in [4.78, 5) is 0. The minimum atomic E-state index is 0.484. The summed E-state index contributed by atoms with van der Waals surface area (Å²) in [6.07, 6.45) is 0. The van der Waals surface area contributed by atoms with E-state index in [0.29, 0.717) is 6.04 Å². The number of hydrogen-bond donors (Lipinski definition) is 0. The summed E-state index contributed by atoms with van der Waals surface area (Å²) in [6, 6.07) is 7.13. The molecule has 0 bridgehead atoms. The third kappa shape index (κ3) is 1.61. The number of aromatic nitrogens is 1. The molecule has 0 amide bonds. The second-order valence-electron chi connectivity index (χ2n) is 4.40. The summed E-state index contributed by atoms with van der Waals surface area (Å²) in [7, 11) is 0. The van der Waals surface area contributed by atoms with Crippen LogP contribution in [0.15, 0.2) is 22.8 Å². The second kappa shape index (κ2) is 3.67. The van der Waals surface area contributed by atoms with Gasteiger partial charge in [0, 0.05) is 16.9 Å². The number of aryl methyl sites for hydroxylation is 2. The molecule has 2 heteroatoms. The monoisotopic (exact) mass is 265 g/mol.